The molecule has 2 aliphatic rings. The monoisotopic (exact) mass is 665 g/mol. The van der Waals surface area contributed by atoms with Crippen molar-refractivity contribution in [2.45, 2.75) is 49.5 Å². The molecule has 0 radical (unpaired) electrons. The highest BCUT2D eigenvalue weighted by molar-refractivity contribution is 8.01. The second-order valence-electron chi connectivity index (χ2n) is 9.94. The van der Waals surface area contributed by atoms with Crippen LogP contribution in [0.15, 0.2) is 39.6 Å². The van der Waals surface area contributed by atoms with Gasteiger partial charge in [-0.15, -0.1) is 34.8 Å². The van der Waals surface area contributed by atoms with Gasteiger partial charge in [0, 0.05) is 16.9 Å². The first kappa shape index (κ1) is 32.6. The number of carboxylic acid groups (broad SMARTS) is 1. The maximum atomic E-state index is 13.3. The van der Waals surface area contributed by atoms with Gasteiger partial charge >= 0.3 is 11.9 Å². The minimum absolute atomic E-state index is 0.00481. The molecule has 0 spiro atoms. The number of anilines is 1. The lowest BCUT2D eigenvalue weighted by molar-refractivity contribution is -0.160. The van der Waals surface area contributed by atoms with Crippen molar-refractivity contribution < 1.29 is 38.7 Å². The molecule has 0 aliphatic carbocycles. The first-order valence-corrected chi connectivity index (χ1v) is 15.6. The van der Waals surface area contributed by atoms with E-state index < -0.39 is 47.4 Å². The van der Waals surface area contributed by atoms with E-state index in [-0.39, 0.29) is 33.7 Å². The minimum atomic E-state index is -1.29. The van der Waals surface area contributed by atoms with E-state index in [1.807, 2.05) is 0 Å². The quantitative estimate of drug-likeness (QED) is 0.0475. The van der Waals surface area contributed by atoms with Gasteiger partial charge in [0.05, 0.1) is 6.54 Å². The van der Waals surface area contributed by atoms with E-state index in [9.17, 15) is 29.1 Å². The largest absolute Gasteiger partial charge is 0.477 e. The number of nitrogens with zero attached hydrogens (tertiary/aromatic N) is 7. The maximum absolute atomic E-state index is 13.3. The van der Waals surface area contributed by atoms with Gasteiger partial charge in [0.1, 0.15) is 28.4 Å². The molecule has 20 heteroatoms. The lowest BCUT2D eigenvalue weighted by Gasteiger charge is -2.49. The number of thiazole rings is 1. The van der Waals surface area contributed by atoms with Gasteiger partial charge in [0.2, 0.25) is 18.2 Å². The molecule has 2 atom stereocenters. The van der Waals surface area contributed by atoms with Crippen molar-refractivity contribution in [1.29, 1.82) is 0 Å². The second-order valence-corrected chi connectivity index (χ2v) is 12.8. The Labute approximate surface area is 262 Å². The number of aliphatic carboxylic acids is 1. The highest BCUT2D eigenvalue weighted by Gasteiger charge is 2.54. The van der Waals surface area contributed by atoms with Crippen LogP contribution in [-0.4, -0.2) is 106 Å². The summed E-state index contributed by atoms with van der Waals surface area (Å²) in [5.74, 6) is -3.04. The molecular weight excluding hydrogens is 639 g/mol. The van der Waals surface area contributed by atoms with Crippen LogP contribution in [0, 0.1) is 0 Å². The molecule has 3 amide bonds. The van der Waals surface area contributed by atoms with Crippen LogP contribution in [-0.2, 0) is 40.1 Å². The van der Waals surface area contributed by atoms with Gasteiger partial charge in [0.25, 0.3) is 11.8 Å². The molecular formula is C24H27N9O8S3. The molecule has 2 aromatic rings. The Hall–Kier alpha value is -4.30. The number of carbonyl (C=O) groups excluding carboxylic acids is 4. The summed E-state index contributed by atoms with van der Waals surface area (Å²) in [4.78, 5) is 72.0. The van der Waals surface area contributed by atoms with Crippen molar-refractivity contribution in [2.75, 3.05) is 23.4 Å². The van der Waals surface area contributed by atoms with Crippen LogP contribution in [0.2, 0.25) is 0 Å². The van der Waals surface area contributed by atoms with Gasteiger partial charge < -0.3 is 25.3 Å². The van der Waals surface area contributed by atoms with Gasteiger partial charge in [-0.05, 0) is 36.8 Å². The first-order chi connectivity index (χ1) is 20.9. The molecule has 1 saturated heterocycles. The number of rotatable bonds is 14. The van der Waals surface area contributed by atoms with Crippen molar-refractivity contribution in [3.8, 4) is 0 Å². The summed E-state index contributed by atoms with van der Waals surface area (Å²) in [7, 11) is 0. The molecule has 234 valence electrons. The van der Waals surface area contributed by atoms with Gasteiger partial charge in [-0.3, -0.25) is 19.3 Å². The normalized spacial score (nSPS) is 18.2. The number of nitrogens with one attached hydrogen (secondary N) is 2. The number of esters is 1. The zero-order chi connectivity index (χ0) is 32.0. The van der Waals surface area contributed by atoms with Crippen LogP contribution in [0.3, 0.4) is 0 Å². The molecule has 4 heterocycles. The molecule has 4 rings (SSSR count). The summed E-state index contributed by atoms with van der Waals surface area (Å²) in [6, 6.07) is -1.08. The molecule has 1 unspecified atom stereocenters. The van der Waals surface area contributed by atoms with Gasteiger partial charge in [-0.25, -0.2) is 19.3 Å². The third kappa shape index (κ3) is 7.61. The highest BCUT2D eigenvalue weighted by Crippen LogP contribution is 2.41. The average Bonchev–Trinajstić information content (AvgIpc) is 3.61. The van der Waals surface area contributed by atoms with Crippen LogP contribution in [0.1, 0.15) is 26.5 Å². The number of aromatic nitrogens is 5. The summed E-state index contributed by atoms with van der Waals surface area (Å²) >= 11 is 3.50. The third-order valence-corrected chi connectivity index (χ3v) is 8.77. The molecule has 2 aromatic heterocycles. The number of carboxylic acids is 1. The summed E-state index contributed by atoms with van der Waals surface area (Å²) in [6.45, 7) is 8.43. The third-order valence-electron chi connectivity index (χ3n) is 5.62. The predicted octanol–water partition coefficient (Wildman–Crippen LogP) is 0.477. The molecule has 0 saturated carbocycles. The topological polar surface area (TPSA) is 220 Å². The first-order valence-electron chi connectivity index (χ1n) is 12.7. The number of ether oxygens (including phenoxy) is 1. The van der Waals surface area contributed by atoms with Crippen LogP contribution < -0.4 is 10.6 Å². The number of amides is 3. The van der Waals surface area contributed by atoms with Crippen molar-refractivity contribution in [1.82, 2.24) is 35.4 Å². The Morgan fingerprint density at radius 3 is 2.80 bits per heavy atom. The van der Waals surface area contributed by atoms with Crippen molar-refractivity contribution in [3.63, 3.8) is 0 Å². The SMILES string of the molecule is C=CCn1nnnc1SCC1=C(C(=O)O)N2C(=O)C(NC(=O)C(=NOCC(=O)OC(C)(C)C)c3csc(NC=O)n3)[C@@H]2SC1. The van der Waals surface area contributed by atoms with E-state index in [1.165, 1.54) is 33.6 Å². The van der Waals surface area contributed by atoms with E-state index in [0.29, 0.717) is 23.7 Å². The number of hydrogen-bond donors (Lipinski definition) is 3. The Balaban J connectivity index is 1.48. The summed E-state index contributed by atoms with van der Waals surface area (Å²) in [6.07, 6.45) is 2.03. The van der Waals surface area contributed by atoms with Crippen LogP contribution >= 0.6 is 34.9 Å². The van der Waals surface area contributed by atoms with Crippen LogP contribution in [0.5, 0.6) is 0 Å². The molecule has 0 bridgehead atoms. The lowest BCUT2D eigenvalue weighted by Crippen LogP contribution is -2.71. The van der Waals surface area contributed by atoms with Gasteiger partial charge in [-0.2, -0.15) is 0 Å². The number of carbonyl (C=O) groups is 5. The number of β-lactam (4-membered cyclic amide) rings is 1. The Morgan fingerprint density at radius 2 is 2.11 bits per heavy atom. The molecule has 0 aromatic carbocycles. The highest BCUT2D eigenvalue weighted by atomic mass is 32.2. The number of tetrazole rings is 1. The van der Waals surface area contributed by atoms with E-state index in [2.05, 4.69) is 42.9 Å². The number of oxime groups is 1. The zero-order valence-corrected chi connectivity index (χ0v) is 26.0. The van der Waals surface area contributed by atoms with E-state index in [0.717, 1.165) is 16.2 Å². The fourth-order valence-electron chi connectivity index (χ4n) is 3.92. The molecule has 3 N–H and O–H groups in total. The van der Waals surface area contributed by atoms with Gasteiger partial charge in [-0.1, -0.05) is 23.0 Å². The molecule has 2 aliphatic heterocycles. The minimum Gasteiger partial charge on any atom is -0.477 e. The Bertz CT molecular complexity index is 1530. The Morgan fingerprint density at radius 1 is 1.34 bits per heavy atom. The lowest BCUT2D eigenvalue weighted by atomic mass is 10.0. The predicted molar refractivity (Wildman–Crippen MR) is 159 cm³/mol. The van der Waals surface area contributed by atoms with E-state index in [4.69, 9.17) is 9.57 Å². The van der Waals surface area contributed by atoms with Crippen molar-refractivity contribution in [3.05, 3.63) is 35.0 Å². The van der Waals surface area contributed by atoms with Crippen molar-refractivity contribution in [2.24, 2.45) is 5.16 Å². The van der Waals surface area contributed by atoms with Crippen molar-refractivity contribution >= 4 is 75.9 Å². The van der Waals surface area contributed by atoms with Crippen LogP contribution in [0.4, 0.5) is 5.13 Å². The summed E-state index contributed by atoms with van der Waals surface area (Å²) in [5.41, 5.74) is -0.819. The molecule has 1 fully saturated rings. The van der Waals surface area contributed by atoms with Gasteiger partial charge in [0.15, 0.2) is 10.8 Å². The van der Waals surface area contributed by atoms with Crippen LogP contribution in [0.25, 0.3) is 0 Å². The fraction of sp³-hybridized carbons (Fsp3) is 0.417. The summed E-state index contributed by atoms with van der Waals surface area (Å²) in [5, 5.41) is 31.4. The molecule has 17 nitrogen and oxygen atoms in total. The standard InChI is InChI=1S/C24H27N9O8S3/c1-5-6-32-23(28-30-31-32)44-9-12-8-42-20-16(19(37)33(20)17(12)21(38)39)27-18(36)15(13-10-43-22(26-13)25-11-34)29-40-7-14(35)41-24(2,3)4/h5,10-11,16,20H,1,6-9H2,2-4H3,(H,27,36)(H,38,39)(H,25,26,34)/t16?,20-/m0/s1. The fourth-order valence-corrected chi connectivity index (χ4v) is 6.94. The summed E-state index contributed by atoms with van der Waals surface area (Å²) < 4.78 is 6.67. The number of hydrogen-bond acceptors (Lipinski definition) is 15. The maximum Gasteiger partial charge on any atom is 0.352 e. The zero-order valence-electron chi connectivity index (χ0n) is 23.6. The molecule has 44 heavy (non-hydrogen) atoms. The second kappa shape index (κ2) is 14.0. The average molecular weight is 666 g/mol. The number of allylic oxidation sites excluding steroid dienone is 1. The van der Waals surface area contributed by atoms with E-state index in [1.54, 1.807) is 26.8 Å². The number of fused-ring (bicyclic) bond motifs is 1. The Kier molecular flexibility index (Phi) is 10.4. The van der Waals surface area contributed by atoms with E-state index >= 15 is 0 Å². The number of thioether (sulfide) groups is 2. The smallest absolute Gasteiger partial charge is 0.352 e.